The number of pyridine rings is 1. The first-order valence-corrected chi connectivity index (χ1v) is 5.58. The lowest BCUT2D eigenvalue weighted by atomic mass is 10.2. The molecule has 0 spiro atoms. The molecule has 0 saturated heterocycles. The van der Waals surface area contributed by atoms with Gasteiger partial charge in [-0.25, -0.2) is 4.98 Å². The molecule has 3 heterocycles. The van der Waals surface area contributed by atoms with E-state index in [-0.39, 0.29) is 0 Å². The van der Waals surface area contributed by atoms with E-state index in [9.17, 15) is 0 Å². The van der Waals surface area contributed by atoms with Crippen LogP contribution in [-0.2, 0) is 13.1 Å². The SMILES string of the molecule is Cc1cc(N2CCn3cnnc3C2)ncc1N. The van der Waals surface area contributed by atoms with E-state index >= 15 is 0 Å². The zero-order valence-corrected chi connectivity index (χ0v) is 9.67. The van der Waals surface area contributed by atoms with Crippen LogP contribution in [0.1, 0.15) is 11.4 Å². The summed E-state index contributed by atoms with van der Waals surface area (Å²) in [6.45, 7) is 4.55. The Labute approximate surface area is 99.1 Å². The number of nitrogens with zero attached hydrogens (tertiary/aromatic N) is 5. The molecule has 0 aliphatic carbocycles. The van der Waals surface area contributed by atoms with Crippen molar-refractivity contribution in [3.05, 3.63) is 30.0 Å². The van der Waals surface area contributed by atoms with Gasteiger partial charge in [0.2, 0.25) is 0 Å². The molecular weight excluding hydrogens is 216 g/mol. The van der Waals surface area contributed by atoms with Crippen molar-refractivity contribution in [2.24, 2.45) is 0 Å². The first-order chi connectivity index (χ1) is 8.24. The Hall–Kier alpha value is -2.11. The summed E-state index contributed by atoms with van der Waals surface area (Å²) in [5.74, 6) is 1.93. The van der Waals surface area contributed by atoms with Crippen LogP contribution >= 0.6 is 0 Å². The molecule has 2 N–H and O–H groups in total. The highest BCUT2D eigenvalue weighted by atomic mass is 15.3. The van der Waals surface area contributed by atoms with Crippen LogP contribution in [0.5, 0.6) is 0 Å². The molecule has 0 unspecified atom stereocenters. The van der Waals surface area contributed by atoms with Gasteiger partial charge in [-0.05, 0) is 18.6 Å². The fourth-order valence-corrected chi connectivity index (χ4v) is 1.99. The predicted octanol–water partition coefficient (Wildman–Crippen LogP) is 0.584. The number of rotatable bonds is 1. The average Bonchev–Trinajstić information content (AvgIpc) is 2.79. The van der Waals surface area contributed by atoms with Crippen LogP contribution < -0.4 is 10.6 Å². The number of hydrogen-bond acceptors (Lipinski definition) is 5. The summed E-state index contributed by atoms with van der Waals surface area (Å²) in [4.78, 5) is 6.55. The van der Waals surface area contributed by atoms with E-state index in [1.54, 1.807) is 12.5 Å². The van der Waals surface area contributed by atoms with Gasteiger partial charge in [-0.3, -0.25) is 0 Å². The molecular formula is C11H14N6. The molecule has 0 amide bonds. The smallest absolute Gasteiger partial charge is 0.152 e. The fourth-order valence-electron chi connectivity index (χ4n) is 1.99. The third-order valence-electron chi connectivity index (χ3n) is 3.10. The molecule has 0 fully saturated rings. The Balaban J connectivity index is 1.89. The van der Waals surface area contributed by atoms with Crippen molar-refractivity contribution in [1.29, 1.82) is 0 Å². The number of nitrogens with two attached hydrogens (primary N) is 1. The summed E-state index contributed by atoms with van der Waals surface area (Å²) < 4.78 is 2.07. The van der Waals surface area contributed by atoms with Gasteiger partial charge >= 0.3 is 0 Å². The third-order valence-corrected chi connectivity index (χ3v) is 3.10. The highest BCUT2D eigenvalue weighted by molar-refractivity contribution is 5.52. The second-order valence-corrected chi connectivity index (χ2v) is 4.26. The predicted molar refractivity (Wildman–Crippen MR) is 64.5 cm³/mol. The number of aryl methyl sites for hydroxylation is 1. The Bertz CT molecular complexity index is 547. The maximum absolute atomic E-state index is 5.77. The van der Waals surface area contributed by atoms with Crippen molar-refractivity contribution in [3.63, 3.8) is 0 Å². The topological polar surface area (TPSA) is 72.9 Å². The van der Waals surface area contributed by atoms with Gasteiger partial charge in [0.25, 0.3) is 0 Å². The van der Waals surface area contributed by atoms with E-state index in [0.717, 1.165) is 42.5 Å². The quantitative estimate of drug-likeness (QED) is 0.776. The van der Waals surface area contributed by atoms with Gasteiger partial charge in [-0.15, -0.1) is 10.2 Å². The Morgan fingerprint density at radius 1 is 1.35 bits per heavy atom. The number of aromatic nitrogens is 4. The lowest BCUT2D eigenvalue weighted by Gasteiger charge is -2.28. The summed E-state index contributed by atoms with van der Waals surface area (Å²) in [5, 5.41) is 8.00. The van der Waals surface area contributed by atoms with Crippen LogP contribution in [0.25, 0.3) is 0 Å². The van der Waals surface area contributed by atoms with Gasteiger partial charge in [0, 0.05) is 13.1 Å². The van der Waals surface area contributed by atoms with E-state index in [1.165, 1.54) is 0 Å². The van der Waals surface area contributed by atoms with Crippen LogP contribution in [0.4, 0.5) is 11.5 Å². The van der Waals surface area contributed by atoms with Crippen LogP contribution in [0.3, 0.4) is 0 Å². The Kier molecular flexibility index (Phi) is 2.21. The monoisotopic (exact) mass is 230 g/mol. The lowest BCUT2D eigenvalue weighted by molar-refractivity contribution is 0.556. The summed E-state index contributed by atoms with van der Waals surface area (Å²) in [5.41, 5.74) is 7.56. The molecule has 88 valence electrons. The Morgan fingerprint density at radius 3 is 3.06 bits per heavy atom. The van der Waals surface area contributed by atoms with Crippen LogP contribution in [-0.4, -0.2) is 26.3 Å². The summed E-state index contributed by atoms with van der Waals surface area (Å²) >= 11 is 0. The molecule has 1 aliphatic rings. The lowest BCUT2D eigenvalue weighted by Crippen LogP contribution is -2.34. The van der Waals surface area contributed by atoms with Gasteiger partial charge in [-0.1, -0.05) is 0 Å². The van der Waals surface area contributed by atoms with E-state index in [0.29, 0.717) is 0 Å². The van der Waals surface area contributed by atoms with Gasteiger partial charge in [0.1, 0.15) is 12.1 Å². The highest BCUT2D eigenvalue weighted by Gasteiger charge is 2.18. The molecule has 2 aromatic rings. The van der Waals surface area contributed by atoms with Gasteiger partial charge < -0.3 is 15.2 Å². The Morgan fingerprint density at radius 2 is 2.24 bits per heavy atom. The van der Waals surface area contributed by atoms with E-state index in [2.05, 4.69) is 24.6 Å². The molecule has 2 aromatic heterocycles. The number of nitrogen functional groups attached to an aromatic ring is 1. The van der Waals surface area contributed by atoms with Crippen LogP contribution in [0.15, 0.2) is 18.6 Å². The maximum atomic E-state index is 5.77. The zero-order chi connectivity index (χ0) is 11.8. The first kappa shape index (κ1) is 10.1. The molecule has 6 heteroatoms. The molecule has 3 rings (SSSR count). The van der Waals surface area contributed by atoms with Crippen molar-refractivity contribution >= 4 is 11.5 Å². The van der Waals surface area contributed by atoms with E-state index in [1.807, 2.05) is 13.0 Å². The molecule has 1 aliphatic heterocycles. The molecule has 0 radical (unpaired) electrons. The van der Waals surface area contributed by atoms with Gasteiger partial charge in [0.15, 0.2) is 5.82 Å². The van der Waals surface area contributed by atoms with E-state index in [4.69, 9.17) is 5.73 Å². The molecule has 0 atom stereocenters. The van der Waals surface area contributed by atoms with Gasteiger partial charge in [0.05, 0.1) is 18.4 Å². The second kappa shape index (κ2) is 3.73. The van der Waals surface area contributed by atoms with Crippen molar-refractivity contribution in [3.8, 4) is 0 Å². The summed E-state index contributed by atoms with van der Waals surface area (Å²) in [7, 11) is 0. The molecule has 0 saturated carbocycles. The summed E-state index contributed by atoms with van der Waals surface area (Å²) in [6, 6.07) is 2.02. The van der Waals surface area contributed by atoms with Crippen molar-refractivity contribution in [2.75, 3.05) is 17.2 Å². The van der Waals surface area contributed by atoms with E-state index < -0.39 is 0 Å². The highest BCUT2D eigenvalue weighted by Crippen LogP contribution is 2.20. The molecule has 6 nitrogen and oxygen atoms in total. The molecule has 0 bridgehead atoms. The third kappa shape index (κ3) is 1.71. The standard InChI is InChI=1S/C11H14N6/c1-8-4-10(13-5-9(8)12)16-2-3-17-7-14-15-11(17)6-16/h4-5,7H,2-3,6,12H2,1H3. The fraction of sp³-hybridized carbons (Fsp3) is 0.364. The largest absolute Gasteiger partial charge is 0.397 e. The minimum absolute atomic E-state index is 0.730. The minimum atomic E-state index is 0.730. The van der Waals surface area contributed by atoms with Crippen LogP contribution in [0.2, 0.25) is 0 Å². The minimum Gasteiger partial charge on any atom is -0.397 e. The van der Waals surface area contributed by atoms with Crippen LogP contribution in [0, 0.1) is 6.92 Å². The molecule has 17 heavy (non-hydrogen) atoms. The molecule has 0 aromatic carbocycles. The number of anilines is 2. The number of hydrogen-bond donors (Lipinski definition) is 1. The second-order valence-electron chi connectivity index (χ2n) is 4.26. The van der Waals surface area contributed by atoms with Crippen molar-refractivity contribution in [2.45, 2.75) is 20.0 Å². The zero-order valence-electron chi connectivity index (χ0n) is 9.67. The van der Waals surface area contributed by atoms with Gasteiger partial charge in [-0.2, -0.15) is 0 Å². The normalized spacial score (nSPS) is 14.8. The first-order valence-electron chi connectivity index (χ1n) is 5.58. The summed E-state index contributed by atoms with van der Waals surface area (Å²) in [6.07, 6.45) is 3.48. The van der Waals surface area contributed by atoms with Crippen molar-refractivity contribution in [1.82, 2.24) is 19.7 Å². The van der Waals surface area contributed by atoms with Crippen molar-refractivity contribution < 1.29 is 0 Å². The average molecular weight is 230 g/mol. The maximum Gasteiger partial charge on any atom is 0.152 e. The number of fused-ring (bicyclic) bond motifs is 1.